The molecule has 0 aromatic heterocycles. The van der Waals surface area contributed by atoms with Crippen LogP contribution in [-0.4, -0.2) is 25.4 Å². The lowest BCUT2D eigenvalue weighted by Gasteiger charge is -2.05. The molecule has 0 heterocycles. The van der Waals surface area contributed by atoms with Crippen molar-refractivity contribution in [2.45, 2.75) is 26.8 Å². The highest BCUT2D eigenvalue weighted by atomic mass is 32.2. The van der Waals surface area contributed by atoms with E-state index >= 15 is 0 Å². The number of benzene rings is 1. The highest BCUT2D eigenvalue weighted by molar-refractivity contribution is 8.01. The van der Waals surface area contributed by atoms with E-state index < -0.39 is 0 Å². The van der Waals surface area contributed by atoms with E-state index in [-0.39, 0.29) is 12.5 Å². The molecule has 0 atom stereocenters. The van der Waals surface area contributed by atoms with Crippen molar-refractivity contribution < 1.29 is 4.79 Å². The molecule has 1 amide bonds. The molecule has 0 saturated carbocycles. The van der Waals surface area contributed by atoms with E-state index in [1.165, 1.54) is 6.42 Å². The number of rotatable bonds is 6. The highest BCUT2D eigenvalue weighted by Gasteiger charge is 2.01. The number of nitrogens with one attached hydrogen (secondary N) is 1. The van der Waals surface area contributed by atoms with Crippen molar-refractivity contribution in [1.29, 1.82) is 0 Å². The average Bonchev–Trinajstić information content (AvgIpc) is 2.60. The number of hydrogen-bond acceptors (Lipinski definition) is 4. The third kappa shape index (κ3) is 11.2. The molecule has 0 unspecified atom stereocenters. The Balaban J connectivity index is 0. The van der Waals surface area contributed by atoms with E-state index in [1.807, 2.05) is 35.9 Å². The van der Waals surface area contributed by atoms with Crippen molar-refractivity contribution in [1.82, 2.24) is 5.32 Å². The average molecular weight is 334 g/mol. The number of aliphatic imine (C=N–C) groups is 1. The summed E-state index contributed by atoms with van der Waals surface area (Å²) < 4.78 is 0. The van der Waals surface area contributed by atoms with E-state index in [1.54, 1.807) is 11.8 Å². The Bertz CT molecular complexity index is 493. The van der Waals surface area contributed by atoms with E-state index in [0.717, 1.165) is 16.8 Å². The van der Waals surface area contributed by atoms with Gasteiger partial charge in [-0.2, -0.15) is 0 Å². The van der Waals surface area contributed by atoms with Gasteiger partial charge in [0.05, 0.1) is 12.2 Å². The first kappa shape index (κ1) is 23.2. The zero-order chi connectivity index (χ0) is 18.1. The maximum absolute atomic E-state index is 11.0. The van der Waals surface area contributed by atoms with Crippen molar-refractivity contribution in [2.75, 3.05) is 12.8 Å². The molecule has 0 aliphatic heterocycles. The van der Waals surface area contributed by atoms with Gasteiger partial charge >= 0.3 is 0 Å². The number of nitrogens with zero attached hydrogens (tertiary/aromatic N) is 1. The number of hydrogen-bond donors (Lipinski definition) is 2. The minimum absolute atomic E-state index is 0.0130. The van der Waals surface area contributed by atoms with Gasteiger partial charge in [0, 0.05) is 12.1 Å². The van der Waals surface area contributed by atoms with Gasteiger partial charge in [-0.3, -0.25) is 9.79 Å². The fraction of sp³-hybridized carbons (Fsp3) is 0.333. The molecule has 4 nitrogen and oxygen atoms in total. The summed E-state index contributed by atoms with van der Waals surface area (Å²) in [5, 5.41) is 4.66. The lowest BCUT2D eigenvalue weighted by atomic mass is 10.1. The SMILES string of the molecule is C#C.C=N/C(=C\SC)c1ccc(CNC(=O)CN)cc1.CCC. The number of carbonyl (C=O) groups excluding carboxylic acids is 1. The molecule has 0 fully saturated rings. The van der Waals surface area contributed by atoms with Crippen molar-refractivity contribution in [2.24, 2.45) is 10.7 Å². The summed E-state index contributed by atoms with van der Waals surface area (Å²) in [6.07, 6.45) is 11.2. The van der Waals surface area contributed by atoms with Gasteiger partial charge in [0.2, 0.25) is 5.91 Å². The van der Waals surface area contributed by atoms with E-state index in [2.05, 4.69) is 43.7 Å². The van der Waals surface area contributed by atoms with Crippen LogP contribution >= 0.6 is 11.8 Å². The van der Waals surface area contributed by atoms with Gasteiger partial charge in [-0.05, 0) is 23.9 Å². The number of amides is 1. The molecule has 0 aliphatic carbocycles. The Hall–Kier alpha value is -2.03. The summed E-state index contributed by atoms with van der Waals surface area (Å²) in [5.41, 5.74) is 8.09. The molecule has 0 radical (unpaired) electrons. The van der Waals surface area contributed by atoms with Crippen LogP contribution in [0.5, 0.6) is 0 Å². The zero-order valence-electron chi connectivity index (χ0n) is 14.2. The first-order valence-electron chi connectivity index (χ1n) is 7.21. The Morgan fingerprint density at radius 2 is 1.87 bits per heavy atom. The third-order valence-corrected chi connectivity index (χ3v) is 2.78. The summed E-state index contributed by atoms with van der Waals surface area (Å²) in [6.45, 7) is 8.30. The molecule has 1 aromatic carbocycles. The molecule has 1 rings (SSSR count). The minimum atomic E-state index is -0.158. The second kappa shape index (κ2) is 16.3. The van der Waals surface area contributed by atoms with Crippen LogP contribution in [0.3, 0.4) is 0 Å². The lowest BCUT2D eigenvalue weighted by molar-refractivity contribution is -0.119. The largest absolute Gasteiger partial charge is 0.351 e. The van der Waals surface area contributed by atoms with Gasteiger partial charge in [0.15, 0.2) is 0 Å². The molecule has 0 aliphatic rings. The second-order valence-electron chi connectivity index (χ2n) is 4.28. The fourth-order valence-corrected chi connectivity index (χ4v) is 1.81. The smallest absolute Gasteiger partial charge is 0.234 e. The maximum Gasteiger partial charge on any atom is 0.234 e. The van der Waals surface area contributed by atoms with Crippen molar-refractivity contribution in [3.05, 3.63) is 40.8 Å². The third-order valence-electron chi connectivity index (χ3n) is 2.32. The van der Waals surface area contributed by atoms with E-state index in [0.29, 0.717) is 6.54 Å². The summed E-state index contributed by atoms with van der Waals surface area (Å²) in [6, 6.07) is 7.82. The fourth-order valence-electron chi connectivity index (χ4n) is 1.37. The molecule has 1 aromatic rings. The molecule has 3 N–H and O–H groups in total. The van der Waals surface area contributed by atoms with Gasteiger partial charge in [-0.15, -0.1) is 24.6 Å². The summed E-state index contributed by atoms with van der Waals surface area (Å²) in [5.74, 6) is -0.158. The Labute approximate surface area is 144 Å². The van der Waals surface area contributed by atoms with E-state index in [4.69, 9.17) is 5.73 Å². The number of terminal acetylenes is 1. The first-order chi connectivity index (χ1) is 11.1. The summed E-state index contributed by atoms with van der Waals surface area (Å²) in [4.78, 5) is 15.0. The topological polar surface area (TPSA) is 67.5 Å². The predicted octanol–water partition coefficient (Wildman–Crippen LogP) is 3.29. The Morgan fingerprint density at radius 3 is 2.26 bits per heavy atom. The first-order valence-corrected chi connectivity index (χ1v) is 8.50. The number of nitrogens with two attached hydrogens (primary N) is 1. The predicted molar refractivity (Wildman–Crippen MR) is 104 cm³/mol. The normalized spacial score (nSPS) is 9.57. The molecular weight excluding hydrogens is 306 g/mol. The highest BCUT2D eigenvalue weighted by Crippen LogP contribution is 2.18. The van der Waals surface area contributed by atoms with Crippen LogP contribution in [0.15, 0.2) is 34.7 Å². The molecule has 0 bridgehead atoms. The molecule has 126 valence electrons. The molecule has 23 heavy (non-hydrogen) atoms. The van der Waals surface area contributed by atoms with Gasteiger partial charge in [0.25, 0.3) is 0 Å². The Kier molecular flexibility index (Phi) is 16.5. The van der Waals surface area contributed by atoms with Crippen molar-refractivity contribution in [3.63, 3.8) is 0 Å². The quantitative estimate of drug-likeness (QED) is 0.620. The monoisotopic (exact) mass is 333 g/mol. The summed E-state index contributed by atoms with van der Waals surface area (Å²) >= 11 is 1.58. The second-order valence-corrected chi connectivity index (χ2v) is 4.99. The van der Waals surface area contributed by atoms with Crippen LogP contribution < -0.4 is 11.1 Å². The van der Waals surface area contributed by atoms with Crippen LogP contribution in [0, 0.1) is 12.8 Å². The van der Waals surface area contributed by atoms with Crippen LogP contribution in [-0.2, 0) is 11.3 Å². The lowest BCUT2D eigenvalue weighted by Crippen LogP contribution is -2.29. The van der Waals surface area contributed by atoms with Gasteiger partial charge in [-0.25, -0.2) is 0 Å². The van der Waals surface area contributed by atoms with Crippen LogP contribution in [0.4, 0.5) is 0 Å². The molecular formula is C18H27N3OS. The Morgan fingerprint density at radius 1 is 1.35 bits per heavy atom. The van der Waals surface area contributed by atoms with Gasteiger partial charge in [0.1, 0.15) is 0 Å². The number of thioether (sulfide) groups is 1. The van der Waals surface area contributed by atoms with Crippen LogP contribution in [0.2, 0.25) is 0 Å². The minimum Gasteiger partial charge on any atom is -0.351 e. The standard InChI is InChI=1S/C13H17N3OS.C3H8.C2H2/c1-15-12(9-18-2)11-5-3-10(4-6-11)8-16-13(17)7-14;1-3-2;1-2/h3-6,9H,1,7-8,14H2,2H3,(H,16,17);3H2,1-2H3;1-2H/b12-9-;;. The zero-order valence-corrected chi connectivity index (χ0v) is 15.0. The maximum atomic E-state index is 11.0. The van der Waals surface area contributed by atoms with Crippen LogP contribution in [0.1, 0.15) is 31.4 Å². The number of carbonyl (C=O) groups is 1. The van der Waals surface area contributed by atoms with Gasteiger partial charge < -0.3 is 11.1 Å². The molecule has 5 heteroatoms. The van der Waals surface area contributed by atoms with Crippen molar-refractivity contribution in [3.8, 4) is 12.8 Å². The molecule has 0 spiro atoms. The van der Waals surface area contributed by atoms with Crippen molar-refractivity contribution >= 4 is 30.1 Å². The summed E-state index contributed by atoms with van der Waals surface area (Å²) in [7, 11) is 0. The van der Waals surface area contributed by atoms with Gasteiger partial charge in [-0.1, -0.05) is 44.5 Å². The van der Waals surface area contributed by atoms with E-state index in [9.17, 15) is 4.79 Å². The van der Waals surface area contributed by atoms with Crippen LogP contribution in [0.25, 0.3) is 5.70 Å². The molecule has 0 saturated heterocycles.